The number of ether oxygens (including phenoxy) is 1. The summed E-state index contributed by atoms with van der Waals surface area (Å²) in [7, 11) is 0. The number of rotatable bonds is 5. The van der Waals surface area contributed by atoms with Crippen LogP contribution in [0.15, 0.2) is 65.8 Å². The van der Waals surface area contributed by atoms with Crippen molar-refractivity contribution in [2.45, 2.75) is 20.8 Å². The van der Waals surface area contributed by atoms with E-state index < -0.39 is 0 Å². The van der Waals surface area contributed by atoms with Crippen molar-refractivity contribution in [1.82, 2.24) is 9.99 Å². The highest BCUT2D eigenvalue weighted by atomic mass is 16.5. The number of amides is 1. The van der Waals surface area contributed by atoms with Gasteiger partial charge in [-0.25, -0.2) is 5.43 Å². The van der Waals surface area contributed by atoms with Gasteiger partial charge in [0.1, 0.15) is 5.75 Å². The standard InChI is InChI=1S/C22H21N3O3/c1-15-13-19(14-23-24-22(27)18-7-5-4-6-8-18)16(2)25(15)20-9-11-21(12-10-20)28-17(3)26/h4-14H,1-3H3,(H,24,27)/b23-14+. The molecule has 0 fully saturated rings. The summed E-state index contributed by atoms with van der Waals surface area (Å²) < 4.78 is 7.14. The van der Waals surface area contributed by atoms with Crippen LogP contribution in [-0.4, -0.2) is 22.7 Å². The Labute approximate surface area is 163 Å². The average molecular weight is 375 g/mol. The second kappa shape index (κ2) is 8.35. The molecule has 0 bridgehead atoms. The Hall–Kier alpha value is -3.67. The third-order valence-electron chi connectivity index (χ3n) is 4.23. The summed E-state index contributed by atoms with van der Waals surface area (Å²) in [5.41, 5.74) is 6.94. The van der Waals surface area contributed by atoms with E-state index in [4.69, 9.17) is 4.74 Å². The zero-order valence-electron chi connectivity index (χ0n) is 16.0. The molecule has 0 saturated heterocycles. The van der Waals surface area contributed by atoms with Gasteiger partial charge >= 0.3 is 5.97 Å². The molecule has 1 amide bonds. The van der Waals surface area contributed by atoms with Crippen molar-refractivity contribution in [3.8, 4) is 11.4 Å². The number of nitrogens with zero attached hydrogens (tertiary/aromatic N) is 2. The quantitative estimate of drug-likeness (QED) is 0.319. The van der Waals surface area contributed by atoms with Gasteiger partial charge < -0.3 is 9.30 Å². The summed E-state index contributed by atoms with van der Waals surface area (Å²) in [6.07, 6.45) is 1.63. The summed E-state index contributed by atoms with van der Waals surface area (Å²) in [6, 6.07) is 18.2. The minimum Gasteiger partial charge on any atom is -0.427 e. The van der Waals surface area contributed by atoms with Crippen LogP contribution < -0.4 is 10.2 Å². The summed E-state index contributed by atoms with van der Waals surface area (Å²) >= 11 is 0. The van der Waals surface area contributed by atoms with Crippen molar-refractivity contribution in [2.75, 3.05) is 0 Å². The molecule has 1 heterocycles. The molecule has 3 aromatic rings. The van der Waals surface area contributed by atoms with E-state index in [1.807, 2.05) is 38.1 Å². The molecule has 0 unspecified atom stereocenters. The molecule has 0 saturated carbocycles. The topological polar surface area (TPSA) is 72.7 Å². The molecule has 6 nitrogen and oxygen atoms in total. The van der Waals surface area contributed by atoms with Crippen LogP contribution in [0.3, 0.4) is 0 Å². The molecule has 28 heavy (non-hydrogen) atoms. The number of hydrogen-bond acceptors (Lipinski definition) is 4. The fourth-order valence-electron chi connectivity index (χ4n) is 2.96. The van der Waals surface area contributed by atoms with E-state index >= 15 is 0 Å². The lowest BCUT2D eigenvalue weighted by Gasteiger charge is -2.10. The highest BCUT2D eigenvalue weighted by molar-refractivity contribution is 5.94. The van der Waals surface area contributed by atoms with Crippen LogP contribution in [0, 0.1) is 13.8 Å². The van der Waals surface area contributed by atoms with Crippen LogP contribution in [0.25, 0.3) is 5.69 Å². The van der Waals surface area contributed by atoms with E-state index in [-0.39, 0.29) is 11.9 Å². The number of carbonyl (C=O) groups excluding carboxylic acids is 2. The third kappa shape index (κ3) is 4.35. The van der Waals surface area contributed by atoms with E-state index in [1.165, 1.54) is 6.92 Å². The van der Waals surface area contributed by atoms with Crippen LogP contribution in [-0.2, 0) is 4.79 Å². The minimum atomic E-state index is -0.350. The fourth-order valence-corrected chi connectivity index (χ4v) is 2.96. The lowest BCUT2D eigenvalue weighted by atomic mass is 10.2. The Kier molecular flexibility index (Phi) is 5.69. The van der Waals surface area contributed by atoms with Gasteiger partial charge in [-0.1, -0.05) is 18.2 Å². The summed E-state index contributed by atoms with van der Waals surface area (Å²) in [5, 5.41) is 4.08. The van der Waals surface area contributed by atoms with E-state index in [9.17, 15) is 9.59 Å². The van der Waals surface area contributed by atoms with Crippen LogP contribution in [0.5, 0.6) is 5.75 Å². The number of esters is 1. The van der Waals surface area contributed by atoms with Gasteiger partial charge in [-0.2, -0.15) is 5.10 Å². The maximum atomic E-state index is 12.1. The number of aromatic nitrogens is 1. The van der Waals surface area contributed by atoms with Crippen LogP contribution in [0.1, 0.15) is 34.2 Å². The minimum absolute atomic E-state index is 0.258. The van der Waals surface area contributed by atoms with Crippen LogP contribution >= 0.6 is 0 Å². The Balaban J connectivity index is 1.76. The first kappa shape index (κ1) is 19.1. The van der Waals surface area contributed by atoms with Crippen LogP contribution in [0.4, 0.5) is 0 Å². The fraction of sp³-hybridized carbons (Fsp3) is 0.136. The molecule has 0 aliphatic heterocycles. The number of hydrazone groups is 1. The lowest BCUT2D eigenvalue weighted by molar-refractivity contribution is -0.131. The van der Waals surface area contributed by atoms with Crippen molar-refractivity contribution in [3.05, 3.63) is 83.2 Å². The number of carbonyl (C=O) groups is 2. The molecule has 1 N–H and O–H groups in total. The van der Waals surface area contributed by atoms with E-state index in [0.29, 0.717) is 11.3 Å². The molecule has 3 rings (SSSR count). The molecule has 0 aliphatic carbocycles. The second-order valence-corrected chi connectivity index (χ2v) is 6.31. The molecule has 0 atom stereocenters. The van der Waals surface area contributed by atoms with Crippen molar-refractivity contribution < 1.29 is 14.3 Å². The number of benzene rings is 2. The summed E-state index contributed by atoms with van der Waals surface area (Å²) in [5.74, 6) is -0.104. The molecule has 142 valence electrons. The molecular weight excluding hydrogens is 354 g/mol. The van der Waals surface area contributed by atoms with Crippen molar-refractivity contribution >= 4 is 18.1 Å². The summed E-state index contributed by atoms with van der Waals surface area (Å²) in [4.78, 5) is 23.1. The molecule has 2 aromatic carbocycles. The molecule has 1 aromatic heterocycles. The number of aryl methyl sites for hydroxylation is 1. The molecule has 0 radical (unpaired) electrons. The zero-order chi connectivity index (χ0) is 20.1. The molecular formula is C22H21N3O3. The second-order valence-electron chi connectivity index (χ2n) is 6.31. The Morgan fingerprint density at radius 2 is 1.71 bits per heavy atom. The van der Waals surface area contributed by atoms with E-state index in [2.05, 4.69) is 15.1 Å². The maximum Gasteiger partial charge on any atom is 0.308 e. The SMILES string of the molecule is CC(=O)Oc1ccc(-n2c(C)cc(/C=N/NC(=O)c3ccccc3)c2C)cc1. The van der Waals surface area contributed by atoms with Crippen molar-refractivity contribution in [3.63, 3.8) is 0 Å². The van der Waals surface area contributed by atoms with Gasteiger partial charge in [0.2, 0.25) is 0 Å². The average Bonchev–Trinajstić information content (AvgIpc) is 2.96. The van der Waals surface area contributed by atoms with E-state index in [1.54, 1.807) is 42.6 Å². The summed E-state index contributed by atoms with van der Waals surface area (Å²) in [6.45, 7) is 5.34. The van der Waals surface area contributed by atoms with Gasteiger partial charge in [0.15, 0.2) is 0 Å². The first-order valence-corrected chi connectivity index (χ1v) is 8.82. The van der Waals surface area contributed by atoms with Crippen molar-refractivity contribution in [2.24, 2.45) is 5.10 Å². The van der Waals surface area contributed by atoms with Gasteiger partial charge in [0.25, 0.3) is 5.91 Å². The van der Waals surface area contributed by atoms with Crippen LogP contribution in [0.2, 0.25) is 0 Å². The lowest BCUT2D eigenvalue weighted by Crippen LogP contribution is -2.17. The smallest absolute Gasteiger partial charge is 0.308 e. The predicted molar refractivity (Wildman–Crippen MR) is 108 cm³/mol. The first-order valence-electron chi connectivity index (χ1n) is 8.82. The molecule has 0 aliphatic rings. The Morgan fingerprint density at radius 1 is 1.04 bits per heavy atom. The highest BCUT2D eigenvalue weighted by Crippen LogP contribution is 2.22. The maximum absolute atomic E-state index is 12.1. The third-order valence-corrected chi connectivity index (χ3v) is 4.23. The first-order chi connectivity index (χ1) is 13.5. The Bertz CT molecular complexity index is 1020. The van der Waals surface area contributed by atoms with Crippen molar-refractivity contribution in [1.29, 1.82) is 0 Å². The van der Waals surface area contributed by atoms with E-state index in [0.717, 1.165) is 22.6 Å². The normalized spacial score (nSPS) is 10.8. The Morgan fingerprint density at radius 3 is 2.36 bits per heavy atom. The van der Waals surface area contributed by atoms with Gasteiger partial charge in [-0.3, -0.25) is 9.59 Å². The number of nitrogens with one attached hydrogen (secondary N) is 1. The van der Waals surface area contributed by atoms with Gasteiger partial charge in [-0.05, 0) is 56.3 Å². The van der Waals surface area contributed by atoms with Gasteiger partial charge in [-0.15, -0.1) is 0 Å². The zero-order valence-corrected chi connectivity index (χ0v) is 16.0. The number of hydrogen-bond donors (Lipinski definition) is 1. The predicted octanol–water partition coefficient (Wildman–Crippen LogP) is 3.78. The van der Waals surface area contributed by atoms with Gasteiger partial charge in [0, 0.05) is 35.1 Å². The molecule has 0 spiro atoms. The highest BCUT2D eigenvalue weighted by Gasteiger charge is 2.10. The largest absolute Gasteiger partial charge is 0.427 e. The van der Waals surface area contributed by atoms with Gasteiger partial charge in [0.05, 0.1) is 6.21 Å². The monoisotopic (exact) mass is 375 g/mol. The molecule has 6 heteroatoms.